The summed E-state index contributed by atoms with van der Waals surface area (Å²) in [5.74, 6) is -2.58. The molecular formula is C18H24F2N4. The van der Waals surface area contributed by atoms with E-state index in [0.717, 1.165) is 23.4 Å². The summed E-state index contributed by atoms with van der Waals surface area (Å²) in [6.07, 6.45) is 6.16. The Hall–Kier alpha value is -1.98. The van der Waals surface area contributed by atoms with Gasteiger partial charge in [0.05, 0.1) is 18.4 Å². The van der Waals surface area contributed by atoms with Crippen molar-refractivity contribution in [2.24, 2.45) is 0 Å². The second kappa shape index (κ2) is 6.15. The lowest BCUT2D eigenvalue weighted by Crippen LogP contribution is -2.24. The minimum atomic E-state index is -2.58. The molecule has 3 rings (SSSR count). The topological polar surface area (TPSA) is 34.0 Å². The summed E-state index contributed by atoms with van der Waals surface area (Å²) in [5.41, 5.74) is 3.04. The predicted molar refractivity (Wildman–Crippen MR) is 90.6 cm³/mol. The number of hydrogen-bond acceptors (Lipinski definition) is 3. The van der Waals surface area contributed by atoms with E-state index >= 15 is 0 Å². The molecule has 24 heavy (non-hydrogen) atoms. The van der Waals surface area contributed by atoms with Crippen molar-refractivity contribution in [3.05, 3.63) is 42.0 Å². The Balaban J connectivity index is 1.58. The zero-order valence-electron chi connectivity index (χ0n) is 14.5. The number of aryl methyl sites for hydroxylation is 2. The Labute approximate surface area is 141 Å². The maximum Gasteiger partial charge on any atom is 0.266 e. The van der Waals surface area contributed by atoms with Crippen LogP contribution in [0.3, 0.4) is 0 Å². The van der Waals surface area contributed by atoms with E-state index in [1.54, 1.807) is 11.1 Å². The highest BCUT2D eigenvalue weighted by Crippen LogP contribution is 2.30. The van der Waals surface area contributed by atoms with Crippen molar-refractivity contribution in [3.8, 4) is 0 Å². The van der Waals surface area contributed by atoms with Gasteiger partial charge in [-0.15, -0.1) is 0 Å². The number of aromatic nitrogens is 3. The lowest BCUT2D eigenvalue weighted by Gasteiger charge is -2.17. The second-order valence-electron chi connectivity index (χ2n) is 7.54. The third kappa shape index (κ3) is 3.91. The fourth-order valence-corrected chi connectivity index (χ4v) is 2.85. The number of halogens is 2. The van der Waals surface area contributed by atoms with Crippen LogP contribution in [0.15, 0.2) is 30.7 Å². The minimum Gasteiger partial charge on any atom is -0.363 e. The highest BCUT2D eigenvalue weighted by molar-refractivity contribution is 5.44. The van der Waals surface area contributed by atoms with Gasteiger partial charge in [0, 0.05) is 43.0 Å². The summed E-state index contributed by atoms with van der Waals surface area (Å²) in [7, 11) is 0. The Morgan fingerprint density at radius 1 is 1.21 bits per heavy atom. The summed E-state index contributed by atoms with van der Waals surface area (Å²) in [6, 6.07) is 4.16. The maximum atomic E-state index is 13.3. The third-order valence-electron chi connectivity index (χ3n) is 4.38. The van der Waals surface area contributed by atoms with Crippen molar-refractivity contribution in [2.45, 2.75) is 51.5 Å². The Kier molecular flexibility index (Phi) is 4.32. The molecule has 1 aliphatic heterocycles. The first-order chi connectivity index (χ1) is 11.2. The fourth-order valence-electron chi connectivity index (χ4n) is 2.85. The summed E-state index contributed by atoms with van der Waals surface area (Å²) in [6.45, 7) is 7.31. The van der Waals surface area contributed by atoms with E-state index in [1.165, 1.54) is 0 Å². The van der Waals surface area contributed by atoms with Gasteiger partial charge < -0.3 is 4.90 Å². The number of pyridine rings is 1. The molecule has 1 fully saturated rings. The van der Waals surface area contributed by atoms with Crippen molar-refractivity contribution in [1.82, 2.24) is 14.8 Å². The number of nitrogens with zero attached hydrogens (tertiary/aromatic N) is 4. The van der Waals surface area contributed by atoms with Crippen molar-refractivity contribution in [3.63, 3.8) is 0 Å². The third-order valence-corrected chi connectivity index (χ3v) is 4.38. The lowest BCUT2D eigenvalue weighted by atomic mass is 9.91. The average Bonchev–Trinajstić information content (AvgIpc) is 3.11. The summed E-state index contributed by atoms with van der Waals surface area (Å²) in [4.78, 5) is 6.22. The first-order valence-electron chi connectivity index (χ1n) is 8.34. The van der Waals surface area contributed by atoms with Crippen LogP contribution in [-0.2, 0) is 18.4 Å². The molecule has 0 unspecified atom stereocenters. The van der Waals surface area contributed by atoms with Crippen LogP contribution in [0.1, 0.15) is 38.4 Å². The highest BCUT2D eigenvalue weighted by Gasteiger charge is 2.38. The Bertz CT molecular complexity index is 686. The molecule has 0 spiro atoms. The molecule has 1 saturated heterocycles. The SMILES string of the molecule is CC(C)(C)c1ccc(CCn2cc(N3CCC(F)(F)C3)cn2)cn1. The molecule has 0 amide bonds. The van der Waals surface area contributed by atoms with Gasteiger partial charge in [-0.3, -0.25) is 9.67 Å². The van der Waals surface area contributed by atoms with Crippen LogP contribution in [0.4, 0.5) is 14.5 Å². The van der Waals surface area contributed by atoms with Crippen LogP contribution in [-0.4, -0.2) is 33.8 Å². The first kappa shape index (κ1) is 16.9. The quantitative estimate of drug-likeness (QED) is 0.856. The molecular weight excluding hydrogens is 310 g/mol. The van der Waals surface area contributed by atoms with E-state index in [2.05, 4.69) is 43.0 Å². The van der Waals surface area contributed by atoms with Crippen LogP contribution in [0.5, 0.6) is 0 Å². The number of hydrogen-bond donors (Lipinski definition) is 0. The molecule has 1 aliphatic rings. The van der Waals surface area contributed by atoms with Gasteiger partial charge in [0.15, 0.2) is 0 Å². The van der Waals surface area contributed by atoms with Gasteiger partial charge in [-0.05, 0) is 18.1 Å². The van der Waals surface area contributed by atoms with Gasteiger partial charge in [-0.25, -0.2) is 8.78 Å². The van der Waals surface area contributed by atoms with Gasteiger partial charge in [-0.2, -0.15) is 5.10 Å². The molecule has 0 bridgehead atoms. The molecule has 0 saturated carbocycles. The Morgan fingerprint density at radius 3 is 2.58 bits per heavy atom. The molecule has 0 atom stereocenters. The average molecular weight is 334 g/mol. The number of rotatable bonds is 4. The molecule has 0 aliphatic carbocycles. The zero-order chi connectivity index (χ0) is 17.4. The monoisotopic (exact) mass is 334 g/mol. The van der Waals surface area contributed by atoms with Crippen LogP contribution in [0.2, 0.25) is 0 Å². The summed E-state index contributed by atoms with van der Waals surface area (Å²) >= 11 is 0. The van der Waals surface area contributed by atoms with Gasteiger partial charge >= 0.3 is 0 Å². The van der Waals surface area contributed by atoms with E-state index in [0.29, 0.717) is 13.1 Å². The molecule has 0 radical (unpaired) electrons. The molecule has 6 heteroatoms. The number of anilines is 1. The van der Waals surface area contributed by atoms with E-state index < -0.39 is 5.92 Å². The summed E-state index contributed by atoms with van der Waals surface area (Å²) < 4.78 is 28.4. The van der Waals surface area contributed by atoms with Crippen molar-refractivity contribution in [2.75, 3.05) is 18.0 Å². The number of alkyl halides is 2. The first-order valence-corrected chi connectivity index (χ1v) is 8.34. The standard InChI is InChI=1S/C18H24F2N4/c1-17(2,3)16-5-4-14(10-21-16)6-8-24-12-15(11-22-24)23-9-7-18(19,20)13-23/h4-5,10-12H,6-9,13H2,1-3H3. The molecule has 3 heterocycles. The van der Waals surface area contributed by atoms with Crippen molar-refractivity contribution < 1.29 is 8.78 Å². The zero-order valence-corrected chi connectivity index (χ0v) is 14.5. The summed E-state index contributed by atoms with van der Waals surface area (Å²) in [5, 5.41) is 4.29. The normalized spacial score (nSPS) is 17.5. The molecule has 0 aromatic carbocycles. The van der Waals surface area contributed by atoms with Gasteiger partial charge in [0.2, 0.25) is 0 Å². The van der Waals surface area contributed by atoms with Crippen LogP contribution in [0.25, 0.3) is 0 Å². The second-order valence-corrected chi connectivity index (χ2v) is 7.54. The fraction of sp³-hybridized carbons (Fsp3) is 0.556. The largest absolute Gasteiger partial charge is 0.363 e. The van der Waals surface area contributed by atoms with E-state index in [4.69, 9.17) is 0 Å². The molecule has 2 aromatic heterocycles. The van der Waals surface area contributed by atoms with Gasteiger partial charge in [0.25, 0.3) is 5.92 Å². The van der Waals surface area contributed by atoms with Crippen LogP contribution in [0, 0.1) is 0 Å². The van der Waals surface area contributed by atoms with E-state index in [-0.39, 0.29) is 18.4 Å². The van der Waals surface area contributed by atoms with Gasteiger partial charge in [0.1, 0.15) is 0 Å². The molecule has 2 aromatic rings. The van der Waals surface area contributed by atoms with E-state index in [1.807, 2.05) is 17.1 Å². The smallest absolute Gasteiger partial charge is 0.266 e. The molecule has 4 nitrogen and oxygen atoms in total. The molecule has 130 valence electrons. The lowest BCUT2D eigenvalue weighted by molar-refractivity contribution is 0.0257. The van der Waals surface area contributed by atoms with Gasteiger partial charge in [-0.1, -0.05) is 26.8 Å². The minimum absolute atomic E-state index is 0.0488. The highest BCUT2D eigenvalue weighted by atomic mass is 19.3. The maximum absolute atomic E-state index is 13.3. The predicted octanol–water partition coefficient (Wildman–Crippen LogP) is 3.66. The molecule has 0 N–H and O–H groups in total. The van der Waals surface area contributed by atoms with Crippen molar-refractivity contribution in [1.29, 1.82) is 0 Å². The van der Waals surface area contributed by atoms with Crippen molar-refractivity contribution >= 4 is 5.69 Å². The Morgan fingerprint density at radius 2 is 2.00 bits per heavy atom. The van der Waals surface area contributed by atoms with Crippen LogP contribution < -0.4 is 4.90 Å². The van der Waals surface area contributed by atoms with Crippen LogP contribution >= 0.6 is 0 Å². The van der Waals surface area contributed by atoms with E-state index in [9.17, 15) is 8.78 Å².